The Hall–Kier alpha value is -3.09. The monoisotopic (exact) mass is 493 g/mol. The van der Waals surface area contributed by atoms with Gasteiger partial charge in [0.25, 0.3) is 11.8 Å². The van der Waals surface area contributed by atoms with E-state index in [1.165, 1.54) is 19.1 Å². The van der Waals surface area contributed by atoms with E-state index in [4.69, 9.17) is 4.42 Å². The van der Waals surface area contributed by atoms with E-state index in [2.05, 4.69) is 15.5 Å². The first-order valence-corrected chi connectivity index (χ1v) is 13.5. The van der Waals surface area contributed by atoms with Crippen molar-refractivity contribution in [2.75, 3.05) is 5.32 Å². The maximum atomic E-state index is 14.1. The van der Waals surface area contributed by atoms with Gasteiger partial charge in [-0.25, -0.2) is 0 Å². The van der Waals surface area contributed by atoms with E-state index >= 15 is 0 Å². The molecular weight excluding hydrogens is 454 g/mol. The number of anilines is 1. The van der Waals surface area contributed by atoms with Crippen LogP contribution in [0.5, 0.6) is 0 Å². The fourth-order valence-electron chi connectivity index (χ4n) is 5.65. The first kappa shape index (κ1) is 26.0. The fraction of sp³-hybridized carbons (Fsp3) is 0.552. The van der Waals surface area contributed by atoms with Crippen LogP contribution in [0, 0.1) is 5.92 Å². The summed E-state index contributed by atoms with van der Waals surface area (Å²) in [4.78, 5) is 42.3. The highest BCUT2D eigenvalue weighted by atomic mass is 16.3. The van der Waals surface area contributed by atoms with Gasteiger partial charge in [-0.2, -0.15) is 0 Å². The van der Waals surface area contributed by atoms with Crippen LogP contribution in [0.2, 0.25) is 0 Å². The number of carbonyl (C=O) groups is 3. The molecule has 3 amide bonds. The van der Waals surface area contributed by atoms with Crippen LogP contribution in [0.1, 0.15) is 99.0 Å². The number of nitrogens with zero attached hydrogens (tertiary/aromatic N) is 1. The molecule has 2 N–H and O–H groups in total. The largest absolute Gasteiger partial charge is 0.459 e. The number of para-hydroxylation sites is 1. The molecule has 2 aliphatic carbocycles. The summed E-state index contributed by atoms with van der Waals surface area (Å²) in [6, 6.07) is 9.93. The van der Waals surface area contributed by atoms with Crippen LogP contribution in [0.3, 0.4) is 0 Å². The summed E-state index contributed by atoms with van der Waals surface area (Å²) < 4.78 is 5.17. The van der Waals surface area contributed by atoms with E-state index < -0.39 is 11.9 Å². The molecule has 1 aromatic carbocycles. The van der Waals surface area contributed by atoms with E-state index in [1.807, 2.05) is 13.8 Å². The Balaban J connectivity index is 1.54. The zero-order valence-electron chi connectivity index (χ0n) is 21.5. The fourth-order valence-corrected chi connectivity index (χ4v) is 5.65. The molecule has 4 rings (SSSR count). The van der Waals surface area contributed by atoms with Crippen molar-refractivity contribution < 1.29 is 18.8 Å². The van der Waals surface area contributed by atoms with Crippen LogP contribution in [0.4, 0.5) is 5.69 Å². The van der Waals surface area contributed by atoms with Gasteiger partial charge in [-0.1, -0.05) is 64.5 Å². The molecule has 0 saturated heterocycles. The van der Waals surface area contributed by atoms with Crippen LogP contribution >= 0.6 is 0 Å². The van der Waals surface area contributed by atoms with Crippen molar-refractivity contribution in [1.29, 1.82) is 0 Å². The number of rotatable bonds is 8. The van der Waals surface area contributed by atoms with Gasteiger partial charge in [-0.3, -0.25) is 14.4 Å². The minimum Gasteiger partial charge on any atom is -0.459 e. The van der Waals surface area contributed by atoms with Gasteiger partial charge in [0.05, 0.1) is 17.5 Å². The van der Waals surface area contributed by atoms with Gasteiger partial charge in [0.2, 0.25) is 5.91 Å². The van der Waals surface area contributed by atoms with Crippen molar-refractivity contribution >= 4 is 23.4 Å². The second-order valence-electron chi connectivity index (χ2n) is 10.5. The quantitative estimate of drug-likeness (QED) is 0.488. The summed E-state index contributed by atoms with van der Waals surface area (Å²) in [6.07, 6.45) is 12.7. The average molecular weight is 494 g/mol. The van der Waals surface area contributed by atoms with Crippen LogP contribution in [-0.2, 0) is 4.79 Å². The summed E-state index contributed by atoms with van der Waals surface area (Å²) >= 11 is 0. The van der Waals surface area contributed by atoms with Gasteiger partial charge >= 0.3 is 0 Å². The molecule has 0 unspecified atom stereocenters. The van der Waals surface area contributed by atoms with Gasteiger partial charge in [0, 0.05) is 12.1 Å². The van der Waals surface area contributed by atoms with Crippen LogP contribution in [0.25, 0.3) is 0 Å². The van der Waals surface area contributed by atoms with E-state index in [-0.39, 0.29) is 35.6 Å². The topological polar surface area (TPSA) is 91.6 Å². The zero-order chi connectivity index (χ0) is 25.5. The molecule has 0 radical (unpaired) electrons. The highest BCUT2D eigenvalue weighted by Crippen LogP contribution is 2.31. The summed E-state index contributed by atoms with van der Waals surface area (Å²) in [5.74, 6) is -0.673. The van der Waals surface area contributed by atoms with E-state index in [0.717, 1.165) is 51.4 Å². The third-order valence-corrected chi connectivity index (χ3v) is 7.57. The number of amides is 3. The Kier molecular flexibility index (Phi) is 8.83. The van der Waals surface area contributed by atoms with Gasteiger partial charge in [-0.05, 0) is 55.9 Å². The Morgan fingerprint density at radius 2 is 1.44 bits per heavy atom. The minimum absolute atomic E-state index is 0.0363. The lowest BCUT2D eigenvalue weighted by Crippen LogP contribution is -2.57. The predicted octanol–water partition coefficient (Wildman–Crippen LogP) is 5.78. The first-order chi connectivity index (χ1) is 17.5. The molecule has 0 bridgehead atoms. The van der Waals surface area contributed by atoms with Gasteiger partial charge in [-0.15, -0.1) is 0 Å². The highest BCUT2D eigenvalue weighted by molar-refractivity contribution is 6.08. The number of carbonyl (C=O) groups excluding carboxylic acids is 3. The third-order valence-electron chi connectivity index (χ3n) is 7.57. The molecule has 0 spiro atoms. The molecular formula is C29H39N3O4. The average Bonchev–Trinajstić information content (AvgIpc) is 3.44. The third kappa shape index (κ3) is 6.18. The van der Waals surface area contributed by atoms with Crippen molar-refractivity contribution in [3.63, 3.8) is 0 Å². The minimum atomic E-state index is -0.629. The lowest BCUT2D eigenvalue weighted by molar-refractivity contribution is -0.141. The normalized spacial score (nSPS) is 18.0. The number of hydrogen-bond acceptors (Lipinski definition) is 4. The molecule has 2 aromatic rings. The predicted molar refractivity (Wildman–Crippen MR) is 140 cm³/mol. The maximum Gasteiger partial charge on any atom is 0.291 e. The van der Waals surface area contributed by atoms with Crippen molar-refractivity contribution in [2.45, 2.75) is 96.2 Å². The summed E-state index contributed by atoms with van der Waals surface area (Å²) in [5, 5.41) is 5.80. The molecule has 7 heteroatoms. The molecule has 0 aliphatic heterocycles. The summed E-state index contributed by atoms with van der Waals surface area (Å²) in [7, 11) is 0. The second kappa shape index (κ2) is 12.2. The smallest absolute Gasteiger partial charge is 0.291 e. The molecule has 1 aromatic heterocycles. The number of benzene rings is 1. The molecule has 7 nitrogen and oxygen atoms in total. The SMILES string of the molecule is CC(C)[C@@H](NC(=O)c1ccccc1NC(=O)c1ccco1)C(=O)N(C1CCCCC1)C1CCCCC1. The number of furan rings is 1. The van der Waals surface area contributed by atoms with E-state index in [9.17, 15) is 14.4 Å². The Labute approximate surface area is 214 Å². The van der Waals surface area contributed by atoms with Crippen LogP contribution in [0.15, 0.2) is 47.1 Å². The molecule has 1 atom stereocenters. The van der Waals surface area contributed by atoms with E-state index in [0.29, 0.717) is 11.3 Å². The molecule has 1 heterocycles. The molecule has 194 valence electrons. The lowest BCUT2D eigenvalue weighted by Gasteiger charge is -2.44. The van der Waals surface area contributed by atoms with Crippen molar-refractivity contribution in [3.05, 3.63) is 54.0 Å². The maximum absolute atomic E-state index is 14.1. The second-order valence-corrected chi connectivity index (χ2v) is 10.5. The molecule has 2 aliphatic rings. The van der Waals surface area contributed by atoms with Crippen LogP contribution in [-0.4, -0.2) is 40.7 Å². The molecule has 2 fully saturated rings. The zero-order valence-corrected chi connectivity index (χ0v) is 21.5. The van der Waals surface area contributed by atoms with Crippen LogP contribution < -0.4 is 10.6 Å². The molecule has 2 saturated carbocycles. The summed E-state index contributed by atoms with van der Waals surface area (Å²) in [6.45, 7) is 3.96. The van der Waals surface area contributed by atoms with Crippen molar-refractivity contribution in [2.24, 2.45) is 5.92 Å². The Morgan fingerprint density at radius 3 is 2.00 bits per heavy atom. The van der Waals surface area contributed by atoms with Gasteiger partial charge in [0.1, 0.15) is 6.04 Å². The standard InChI is InChI=1S/C29H39N3O4/c1-20(2)26(29(35)32(21-12-5-3-6-13-21)22-14-7-4-8-15-22)31-27(33)23-16-9-10-17-24(23)30-28(34)25-18-11-19-36-25/h9-11,16-22,26H,3-8,12-15H2,1-2H3,(H,30,34)(H,31,33)/t26-/m1/s1. The lowest BCUT2D eigenvalue weighted by atomic mass is 9.87. The van der Waals surface area contributed by atoms with Gasteiger partial charge in [0.15, 0.2) is 5.76 Å². The summed E-state index contributed by atoms with van der Waals surface area (Å²) in [5.41, 5.74) is 0.695. The number of hydrogen-bond donors (Lipinski definition) is 2. The Bertz CT molecular complexity index is 1000. The van der Waals surface area contributed by atoms with Crippen molar-refractivity contribution in [1.82, 2.24) is 10.2 Å². The Morgan fingerprint density at radius 1 is 0.833 bits per heavy atom. The van der Waals surface area contributed by atoms with Crippen molar-refractivity contribution in [3.8, 4) is 0 Å². The first-order valence-electron chi connectivity index (χ1n) is 13.5. The van der Waals surface area contributed by atoms with E-state index in [1.54, 1.807) is 36.4 Å². The molecule has 36 heavy (non-hydrogen) atoms. The number of nitrogens with one attached hydrogen (secondary N) is 2. The highest BCUT2D eigenvalue weighted by Gasteiger charge is 2.37. The van der Waals surface area contributed by atoms with Gasteiger partial charge < -0.3 is 20.0 Å².